The maximum atomic E-state index is 17.2. The van der Waals surface area contributed by atoms with Gasteiger partial charge in [-0.05, 0) is 110 Å². The number of hydrogen-bond acceptors (Lipinski definition) is 10. The number of aliphatic hydroxyl groups is 1. The number of ether oxygens (including phenoxy) is 1. The molecule has 5 fully saturated rings. The SMILES string of the molecule is CCC1=C(F)C=CC2=CC(C)=CC(c3ncc4c(N5CCC[C@H](CCO)C5)nc(OCC5(CN6CC7(CC(c8cc9[nH]nc(N%10CCC(=O)NC%10=O)c9cc8F)C7)C6)CC5)nc4c3F)C21.[HH]. The number of H-pyrrole nitrogens is 1. The van der Waals surface area contributed by atoms with E-state index in [4.69, 9.17) is 19.7 Å². The quantitative estimate of drug-likeness (QED) is 0.127. The van der Waals surface area contributed by atoms with Crippen molar-refractivity contribution in [2.75, 3.05) is 62.3 Å². The van der Waals surface area contributed by atoms with E-state index in [1.165, 1.54) is 17.0 Å². The van der Waals surface area contributed by atoms with Gasteiger partial charge in [0.05, 0.1) is 23.2 Å². The molecule has 342 valence electrons. The summed E-state index contributed by atoms with van der Waals surface area (Å²) in [4.78, 5) is 44.6. The van der Waals surface area contributed by atoms with Gasteiger partial charge in [0, 0.05) is 82.6 Å². The number of rotatable bonds is 12. The predicted octanol–water partition coefficient (Wildman–Crippen LogP) is 8.30. The first kappa shape index (κ1) is 42.1. The lowest BCUT2D eigenvalue weighted by Gasteiger charge is -2.60. The van der Waals surface area contributed by atoms with Crippen LogP contribution >= 0.6 is 0 Å². The van der Waals surface area contributed by atoms with Crippen molar-refractivity contribution in [1.29, 1.82) is 0 Å². The van der Waals surface area contributed by atoms with Gasteiger partial charge in [0.2, 0.25) is 5.91 Å². The van der Waals surface area contributed by atoms with Crippen LogP contribution in [0.1, 0.15) is 96.2 Å². The number of allylic oxidation sites excluding steroid dienone is 8. The minimum atomic E-state index is -0.561. The number of nitrogens with zero attached hydrogens (tertiary/aromatic N) is 7. The van der Waals surface area contributed by atoms with Gasteiger partial charge in [-0.15, -0.1) is 0 Å². The van der Waals surface area contributed by atoms with Crippen LogP contribution in [0.4, 0.5) is 29.6 Å². The molecule has 0 bridgehead atoms. The number of halogens is 3. The summed E-state index contributed by atoms with van der Waals surface area (Å²) < 4.78 is 54.7. The molecule has 2 unspecified atom stereocenters. The monoisotopic (exact) mass is 891 g/mol. The molecule has 1 spiro atoms. The minimum absolute atomic E-state index is 0. The lowest BCUT2D eigenvalue weighted by atomic mass is 9.56. The van der Waals surface area contributed by atoms with Gasteiger partial charge in [0.1, 0.15) is 23.0 Å². The van der Waals surface area contributed by atoms with Crippen molar-refractivity contribution in [2.45, 2.75) is 83.5 Å². The number of urea groups is 1. The number of nitrogens with one attached hydrogen (secondary N) is 2. The molecule has 3 atom stereocenters. The Hall–Kier alpha value is -5.61. The Labute approximate surface area is 376 Å². The smallest absolute Gasteiger partial charge is 0.329 e. The summed E-state index contributed by atoms with van der Waals surface area (Å²) in [6, 6.07) is 2.83. The van der Waals surface area contributed by atoms with Crippen LogP contribution in [0.3, 0.4) is 0 Å². The Bertz CT molecular complexity index is 2750. The number of carbonyl (C=O) groups is 2. The van der Waals surface area contributed by atoms with Crippen molar-refractivity contribution < 1.29 is 34.0 Å². The van der Waals surface area contributed by atoms with Crippen molar-refractivity contribution in [3.63, 3.8) is 0 Å². The zero-order chi connectivity index (χ0) is 44.8. The number of piperidine rings is 1. The Balaban J connectivity index is 0.00000511. The topological polar surface area (TPSA) is 153 Å². The van der Waals surface area contributed by atoms with Gasteiger partial charge in [-0.2, -0.15) is 15.1 Å². The number of anilines is 2. The Morgan fingerprint density at radius 3 is 2.65 bits per heavy atom. The highest BCUT2D eigenvalue weighted by atomic mass is 19.1. The minimum Gasteiger partial charge on any atom is -0.463 e. The normalized spacial score (nSPS) is 25.1. The number of likely N-dealkylation sites (tertiary alicyclic amines) is 1. The van der Waals surface area contributed by atoms with E-state index in [0.29, 0.717) is 65.1 Å². The van der Waals surface area contributed by atoms with Crippen LogP contribution in [-0.2, 0) is 4.79 Å². The van der Waals surface area contributed by atoms with Crippen LogP contribution in [0.5, 0.6) is 6.01 Å². The summed E-state index contributed by atoms with van der Waals surface area (Å²) >= 11 is 0. The number of hydrogen-bond donors (Lipinski definition) is 3. The maximum absolute atomic E-state index is 17.2. The van der Waals surface area contributed by atoms with Crippen LogP contribution in [0, 0.1) is 34.3 Å². The molecule has 3 aliphatic heterocycles. The molecule has 3 saturated heterocycles. The van der Waals surface area contributed by atoms with Crippen molar-refractivity contribution in [2.24, 2.45) is 22.7 Å². The molecule has 0 radical (unpaired) electrons. The van der Waals surface area contributed by atoms with Crippen LogP contribution in [0.2, 0.25) is 0 Å². The molecule has 3 aromatic heterocycles. The van der Waals surface area contributed by atoms with Gasteiger partial charge in [0.15, 0.2) is 11.6 Å². The number of benzene rings is 1. The van der Waals surface area contributed by atoms with E-state index in [1.54, 1.807) is 12.3 Å². The molecule has 1 aromatic carbocycles. The number of aromatic amines is 1. The van der Waals surface area contributed by atoms with Crippen molar-refractivity contribution in [1.82, 2.24) is 35.4 Å². The second-order valence-electron chi connectivity index (χ2n) is 19.9. The number of carbonyl (C=O) groups excluding carboxylic acids is 2. The number of aliphatic hydroxyl groups excluding tert-OH is 1. The van der Waals surface area contributed by atoms with Gasteiger partial charge in [0.25, 0.3) is 0 Å². The van der Waals surface area contributed by atoms with Gasteiger partial charge in [-0.25, -0.2) is 18.0 Å². The van der Waals surface area contributed by atoms with E-state index in [0.717, 1.165) is 75.9 Å². The van der Waals surface area contributed by atoms with Crippen LogP contribution in [0.15, 0.2) is 65.2 Å². The number of pyridine rings is 1. The van der Waals surface area contributed by atoms with Crippen molar-refractivity contribution in [3.05, 3.63) is 88.1 Å². The number of amides is 3. The maximum Gasteiger partial charge on any atom is 0.329 e. The lowest BCUT2D eigenvalue weighted by molar-refractivity contribution is -0.120. The molecule has 4 aliphatic carbocycles. The van der Waals surface area contributed by atoms with Crippen molar-refractivity contribution >= 4 is 45.4 Å². The van der Waals surface area contributed by atoms with Crippen molar-refractivity contribution in [3.8, 4) is 6.01 Å². The fourth-order valence-corrected chi connectivity index (χ4v) is 11.9. The van der Waals surface area contributed by atoms with Gasteiger partial charge < -0.3 is 19.6 Å². The van der Waals surface area contributed by atoms with E-state index < -0.39 is 17.8 Å². The second-order valence-corrected chi connectivity index (χ2v) is 19.9. The fraction of sp³-hybridized carbons (Fsp3) is 0.510. The van der Waals surface area contributed by atoms with Crippen LogP contribution < -0.4 is 19.9 Å². The molecule has 65 heavy (non-hydrogen) atoms. The molecule has 3 amide bonds. The molecule has 16 heteroatoms. The van der Waals surface area contributed by atoms with E-state index in [9.17, 15) is 14.7 Å². The Morgan fingerprint density at radius 2 is 1.88 bits per heavy atom. The molecular formula is C49H56F3N9O4. The number of imide groups is 1. The van der Waals surface area contributed by atoms with E-state index in [2.05, 4.69) is 25.3 Å². The standard InChI is InChI=1S/C49H54F3N9O4.H2/c1-3-31-36(50)7-6-29-15-27(2)16-34(40(29)31)42-41(52)43-35(21-53-42)44(60-12-4-5-28(22-60)9-14-62)56-46(55-43)65-26-48(10-11-48)23-59-24-49(25-59)19-30(20-49)32-18-38-33(17-37(32)51)45(58-57-38)61-13-8-39(63)54-47(61)64;/h6-7,15-18,21,28,30,34,40,62H,3-5,8-14,19-20,22-26H2,1-2H3,(H,57,58)(H,54,63,64);1H/t28-,34?,40?;/m1./s1. The highest BCUT2D eigenvalue weighted by molar-refractivity contribution is 6.08. The molecule has 7 aliphatic rings. The highest BCUT2D eigenvalue weighted by Crippen LogP contribution is 2.58. The van der Waals surface area contributed by atoms with E-state index >= 15 is 13.2 Å². The third-order valence-electron chi connectivity index (χ3n) is 15.3. The number of aromatic nitrogens is 5. The molecular weight excluding hydrogens is 836 g/mol. The summed E-state index contributed by atoms with van der Waals surface area (Å²) in [5, 5.41) is 20.3. The zero-order valence-electron chi connectivity index (χ0n) is 36.8. The van der Waals surface area contributed by atoms with Crippen LogP contribution in [0.25, 0.3) is 21.8 Å². The first-order valence-electron chi connectivity index (χ1n) is 23.3. The summed E-state index contributed by atoms with van der Waals surface area (Å²) in [7, 11) is 0. The van der Waals surface area contributed by atoms with Gasteiger partial charge in [-0.3, -0.25) is 25.1 Å². The molecule has 3 N–H and O–H groups in total. The third kappa shape index (κ3) is 7.50. The average Bonchev–Trinajstić information content (AvgIpc) is 3.92. The largest absolute Gasteiger partial charge is 0.463 e. The molecule has 2 saturated carbocycles. The average molecular weight is 892 g/mol. The summed E-state index contributed by atoms with van der Waals surface area (Å²) in [5.41, 5.74) is 4.26. The molecule has 4 aromatic rings. The molecule has 11 rings (SSSR count). The second kappa shape index (κ2) is 16.1. The fourth-order valence-electron chi connectivity index (χ4n) is 11.9. The summed E-state index contributed by atoms with van der Waals surface area (Å²) in [5.74, 6) is -1.14. The van der Waals surface area contributed by atoms with Gasteiger partial charge >= 0.3 is 12.0 Å². The van der Waals surface area contributed by atoms with Gasteiger partial charge in [-0.1, -0.05) is 30.7 Å². The summed E-state index contributed by atoms with van der Waals surface area (Å²) in [6.07, 6.45) is 16.0. The first-order valence-corrected chi connectivity index (χ1v) is 23.3. The third-order valence-corrected chi connectivity index (χ3v) is 15.3. The van der Waals surface area contributed by atoms with Crippen LogP contribution in [-0.4, -0.2) is 99.6 Å². The van der Waals surface area contributed by atoms with E-state index in [-0.39, 0.29) is 84.4 Å². The Kier molecular flexibility index (Phi) is 10.4. The summed E-state index contributed by atoms with van der Waals surface area (Å²) in [6.45, 7) is 8.67. The highest BCUT2D eigenvalue weighted by Gasteiger charge is 2.56. The first-order chi connectivity index (χ1) is 31.4. The lowest BCUT2D eigenvalue weighted by Crippen LogP contribution is -2.62. The predicted molar refractivity (Wildman–Crippen MR) is 241 cm³/mol. The number of fused-ring (bicyclic) bond motifs is 3. The van der Waals surface area contributed by atoms with E-state index in [1.807, 2.05) is 32.1 Å². The Morgan fingerprint density at radius 1 is 1.05 bits per heavy atom. The zero-order valence-corrected chi connectivity index (χ0v) is 36.8. The molecule has 13 nitrogen and oxygen atoms in total. The molecule has 6 heterocycles.